The molecule has 4 aromatic rings. The number of benzene rings is 3. The second-order valence-corrected chi connectivity index (χ2v) is 7.51. The van der Waals surface area contributed by atoms with Crippen LogP contribution in [0.25, 0.3) is 11.0 Å². The van der Waals surface area contributed by atoms with Crippen molar-refractivity contribution in [3.63, 3.8) is 0 Å². The van der Waals surface area contributed by atoms with Gasteiger partial charge in [-0.25, -0.2) is 14.6 Å². The molecule has 0 unspecified atom stereocenters. The predicted octanol–water partition coefficient (Wildman–Crippen LogP) is 4.28. The van der Waals surface area contributed by atoms with Gasteiger partial charge in [0.1, 0.15) is 24.3 Å². The molecule has 3 aromatic carbocycles. The fourth-order valence-electron chi connectivity index (χ4n) is 3.23. The van der Waals surface area contributed by atoms with Crippen LogP contribution in [0.1, 0.15) is 21.5 Å². The molecular formula is C23H18ClF2N5O3. The van der Waals surface area contributed by atoms with E-state index in [1.54, 1.807) is 18.2 Å². The van der Waals surface area contributed by atoms with Gasteiger partial charge in [-0.2, -0.15) is 5.10 Å². The highest BCUT2D eigenvalue weighted by molar-refractivity contribution is 6.31. The van der Waals surface area contributed by atoms with Crippen molar-refractivity contribution in [1.82, 2.24) is 5.43 Å². The Labute approximate surface area is 197 Å². The molecule has 6 N–H and O–H groups in total. The van der Waals surface area contributed by atoms with Gasteiger partial charge < -0.3 is 25.7 Å². The Kier molecular flexibility index (Phi) is 6.62. The summed E-state index contributed by atoms with van der Waals surface area (Å²) in [6, 6.07) is 12.8. The van der Waals surface area contributed by atoms with Gasteiger partial charge in [-0.15, -0.1) is 0 Å². The van der Waals surface area contributed by atoms with Crippen molar-refractivity contribution < 1.29 is 22.7 Å². The number of furan rings is 1. The number of hydrogen-bond donors (Lipinski definition) is 4. The number of anilines is 1. The predicted molar refractivity (Wildman–Crippen MR) is 124 cm³/mol. The van der Waals surface area contributed by atoms with Crippen molar-refractivity contribution in [2.24, 2.45) is 16.8 Å². The van der Waals surface area contributed by atoms with Crippen LogP contribution in [0.5, 0.6) is 5.75 Å². The number of nitrogens with two attached hydrogens (primary N) is 2. The highest BCUT2D eigenvalue weighted by Gasteiger charge is 2.16. The fraction of sp³-hybridized carbons (Fsp3) is 0.0435. The van der Waals surface area contributed by atoms with Crippen molar-refractivity contribution in [3.05, 3.63) is 94.2 Å². The van der Waals surface area contributed by atoms with Crippen LogP contribution in [0.15, 0.2) is 70.4 Å². The standard InChI is InChI=1S/C23H18ClF2N5O3/c24-18-8-14(25)3-1-13(18)10-33-20-6-4-15(9-19(20)26)29-23(32)17-11-34-21-7-12(2-5-16(17)21)22(30-27)31-28/h1-9,11H,10,27-28H2,(H,29,32)(H,30,31). The number of carbonyl (C=O) groups excluding carboxylic acids is 1. The average Bonchev–Trinajstić information content (AvgIpc) is 3.24. The first-order chi connectivity index (χ1) is 16.4. The van der Waals surface area contributed by atoms with Gasteiger partial charge in [0.25, 0.3) is 5.91 Å². The summed E-state index contributed by atoms with van der Waals surface area (Å²) in [5, 5.41) is 6.86. The topological polar surface area (TPSA) is 128 Å². The van der Waals surface area contributed by atoms with Crippen molar-refractivity contribution in [2.45, 2.75) is 6.61 Å². The van der Waals surface area contributed by atoms with Crippen molar-refractivity contribution >= 4 is 40.0 Å². The molecule has 0 saturated heterocycles. The van der Waals surface area contributed by atoms with Crippen molar-refractivity contribution in [3.8, 4) is 5.75 Å². The molecular weight excluding hydrogens is 468 g/mol. The molecule has 0 fully saturated rings. The molecule has 0 atom stereocenters. The summed E-state index contributed by atoms with van der Waals surface area (Å²) < 4.78 is 38.6. The maximum atomic E-state index is 14.5. The Morgan fingerprint density at radius 2 is 1.94 bits per heavy atom. The SMILES string of the molecule is N/N=C(\NN)c1ccc2c(C(=O)Nc3ccc(OCc4ccc(F)cc4Cl)c(F)c3)coc2c1. The molecule has 1 aromatic heterocycles. The van der Waals surface area contributed by atoms with Crippen LogP contribution in [0.2, 0.25) is 5.02 Å². The third-order valence-electron chi connectivity index (χ3n) is 4.95. The molecule has 0 bridgehead atoms. The van der Waals surface area contributed by atoms with Gasteiger partial charge in [-0.3, -0.25) is 4.79 Å². The number of rotatable bonds is 6. The third kappa shape index (κ3) is 4.77. The number of carbonyl (C=O) groups is 1. The Balaban J connectivity index is 1.47. The zero-order valence-electron chi connectivity index (χ0n) is 17.4. The van der Waals surface area contributed by atoms with Crippen LogP contribution in [0.3, 0.4) is 0 Å². The monoisotopic (exact) mass is 485 g/mol. The normalized spacial score (nSPS) is 11.5. The number of hydrazine groups is 1. The number of amidine groups is 1. The van der Waals surface area contributed by atoms with Gasteiger partial charge in [0.2, 0.25) is 0 Å². The minimum absolute atomic E-state index is 0.0504. The molecule has 0 aliphatic carbocycles. The minimum atomic E-state index is -0.694. The van der Waals surface area contributed by atoms with Gasteiger partial charge in [0.15, 0.2) is 17.4 Å². The average molecular weight is 486 g/mol. The van der Waals surface area contributed by atoms with Gasteiger partial charge in [0.05, 0.1) is 10.6 Å². The summed E-state index contributed by atoms with van der Waals surface area (Å²) in [6.45, 7) is -0.0546. The molecule has 0 saturated carbocycles. The van der Waals surface area contributed by atoms with E-state index in [-0.39, 0.29) is 34.5 Å². The van der Waals surface area contributed by atoms with Gasteiger partial charge in [-0.05, 0) is 36.4 Å². The smallest absolute Gasteiger partial charge is 0.259 e. The molecule has 0 radical (unpaired) electrons. The van der Waals surface area contributed by atoms with E-state index in [1.807, 2.05) is 0 Å². The summed E-state index contributed by atoms with van der Waals surface area (Å²) in [5.74, 6) is 9.16. The second-order valence-electron chi connectivity index (χ2n) is 7.11. The van der Waals surface area contributed by atoms with Crippen LogP contribution in [-0.2, 0) is 6.61 Å². The van der Waals surface area contributed by atoms with E-state index >= 15 is 0 Å². The summed E-state index contributed by atoms with van der Waals surface area (Å²) in [7, 11) is 0. The van der Waals surface area contributed by atoms with Crippen LogP contribution >= 0.6 is 11.6 Å². The summed E-state index contributed by atoms with van der Waals surface area (Å²) in [6.07, 6.45) is 1.29. The number of amides is 1. The Hall–Kier alpha value is -4.15. The highest BCUT2D eigenvalue weighted by atomic mass is 35.5. The number of nitrogens with zero attached hydrogens (tertiary/aromatic N) is 1. The molecule has 0 spiro atoms. The van der Waals surface area contributed by atoms with Gasteiger partial charge in [0, 0.05) is 28.3 Å². The summed E-state index contributed by atoms with van der Waals surface area (Å²) in [5.41, 5.74) is 4.31. The zero-order chi connectivity index (χ0) is 24.2. The summed E-state index contributed by atoms with van der Waals surface area (Å²) in [4.78, 5) is 12.7. The lowest BCUT2D eigenvalue weighted by Crippen LogP contribution is -2.31. The molecule has 0 aliphatic rings. The first kappa shape index (κ1) is 23.0. The Morgan fingerprint density at radius 3 is 2.65 bits per heavy atom. The van der Waals surface area contributed by atoms with Gasteiger partial charge in [-0.1, -0.05) is 23.7 Å². The molecule has 4 rings (SSSR count). The Morgan fingerprint density at radius 1 is 1.12 bits per heavy atom. The largest absolute Gasteiger partial charge is 0.486 e. The van der Waals surface area contributed by atoms with E-state index in [0.29, 0.717) is 22.1 Å². The molecule has 8 nitrogen and oxygen atoms in total. The molecule has 1 amide bonds. The van der Waals surface area contributed by atoms with E-state index in [2.05, 4.69) is 15.8 Å². The zero-order valence-corrected chi connectivity index (χ0v) is 18.2. The second kappa shape index (κ2) is 9.77. The maximum absolute atomic E-state index is 14.5. The van der Waals surface area contributed by atoms with E-state index < -0.39 is 17.5 Å². The van der Waals surface area contributed by atoms with E-state index in [0.717, 1.165) is 12.1 Å². The fourth-order valence-corrected chi connectivity index (χ4v) is 3.46. The number of fused-ring (bicyclic) bond motifs is 1. The third-order valence-corrected chi connectivity index (χ3v) is 5.30. The molecule has 34 heavy (non-hydrogen) atoms. The van der Waals surface area contributed by atoms with Crippen LogP contribution in [0, 0.1) is 11.6 Å². The van der Waals surface area contributed by atoms with E-state index in [4.69, 9.17) is 32.4 Å². The lowest BCUT2D eigenvalue weighted by atomic mass is 10.1. The van der Waals surface area contributed by atoms with Gasteiger partial charge >= 0.3 is 0 Å². The number of halogens is 3. The number of nitrogens with one attached hydrogen (secondary N) is 2. The van der Waals surface area contributed by atoms with Crippen molar-refractivity contribution in [1.29, 1.82) is 0 Å². The molecule has 1 heterocycles. The van der Waals surface area contributed by atoms with E-state index in [1.165, 1.54) is 30.5 Å². The number of hydrogen-bond acceptors (Lipinski definition) is 6. The number of hydrazone groups is 1. The maximum Gasteiger partial charge on any atom is 0.259 e. The number of ether oxygens (including phenoxy) is 1. The lowest BCUT2D eigenvalue weighted by molar-refractivity contribution is 0.102. The van der Waals surface area contributed by atoms with Crippen LogP contribution in [0.4, 0.5) is 14.5 Å². The minimum Gasteiger partial charge on any atom is -0.486 e. The first-order valence-corrected chi connectivity index (χ1v) is 10.2. The quantitative estimate of drug-likeness (QED) is 0.140. The molecule has 11 heteroatoms. The van der Waals surface area contributed by atoms with Crippen LogP contribution in [-0.4, -0.2) is 11.7 Å². The Bertz CT molecular complexity index is 1410. The van der Waals surface area contributed by atoms with Crippen LogP contribution < -0.4 is 27.2 Å². The van der Waals surface area contributed by atoms with Crippen molar-refractivity contribution in [2.75, 3.05) is 5.32 Å². The lowest BCUT2D eigenvalue weighted by Gasteiger charge is -2.10. The molecule has 174 valence electrons. The first-order valence-electron chi connectivity index (χ1n) is 9.83. The highest BCUT2D eigenvalue weighted by Crippen LogP contribution is 2.27. The van der Waals surface area contributed by atoms with E-state index in [9.17, 15) is 13.6 Å². The molecule has 0 aliphatic heterocycles. The summed E-state index contributed by atoms with van der Waals surface area (Å²) >= 11 is 5.96.